The van der Waals surface area contributed by atoms with Crippen LogP contribution in [0.1, 0.15) is 38.4 Å². The van der Waals surface area contributed by atoms with Crippen LogP contribution in [0.4, 0.5) is 0 Å². The average molecular weight is 401 g/mol. The van der Waals surface area contributed by atoms with Crippen LogP contribution < -0.4 is 4.74 Å². The Labute approximate surface area is 178 Å². The molecule has 2 heterocycles. The molecular formula is C25H28N4O. The fraction of sp³-hybridized carbons (Fsp3) is 0.280. The Hall–Kier alpha value is -3.34. The van der Waals surface area contributed by atoms with E-state index in [1.54, 1.807) is 7.11 Å². The van der Waals surface area contributed by atoms with Crippen LogP contribution in [0.3, 0.4) is 0 Å². The highest BCUT2D eigenvalue weighted by atomic mass is 16.5. The molecule has 0 aliphatic carbocycles. The number of aromatic nitrogens is 4. The summed E-state index contributed by atoms with van der Waals surface area (Å²) >= 11 is 0. The van der Waals surface area contributed by atoms with Crippen LogP contribution >= 0.6 is 0 Å². The first-order valence-corrected chi connectivity index (χ1v) is 10.4. The van der Waals surface area contributed by atoms with Crippen molar-refractivity contribution in [3.8, 4) is 28.3 Å². The number of hydrogen-bond acceptors (Lipinski definition) is 3. The van der Waals surface area contributed by atoms with Gasteiger partial charge in [0.25, 0.3) is 0 Å². The van der Waals surface area contributed by atoms with Gasteiger partial charge in [-0.3, -0.25) is 4.68 Å². The van der Waals surface area contributed by atoms with E-state index in [-0.39, 0.29) is 6.04 Å². The number of imidazole rings is 1. The Balaban J connectivity index is 1.50. The summed E-state index contributed by atoms with van der Waals surface area (Å²) in [4.78, 5) is 4.57. The van der Waals surface area contributed by atoms with Gasteiger partial charge in [0.15, 0.2) is 0 Å². The summed E-state index contributed by atoms with van der Waals surface area (Å²) in [6.45, 7) is 6.52. The lowest BCUT2D eigenvalue weighted by Gasteiger charge is -2.13. The van der Waals surface area contributed by atoms with E-state index in [4.69, 9.17) is 9.84 Å². The monoisotopic (exact) mass is 400 g/mol. The minimum absolute atomic E-state index is 0.243. The minimum atomic E-state index is 0.243. The minimum Gasteiger partial charge on any atom is -0.497 e. The van der Waals surface area contributed by atoms with Gasteiger partial charge >= 0.3 is 0 Å². The topological polar surface area (TPSA) is 44.9 Å². The molecule has 0 aliphatic heterocycles. The summed E-state index contributed by atoms with van der Waals surface area (Å²) in [7, 11) is 1.68. The highest BCUT2D eigenvalue weighted by molar-refractivity contribution is 5.61. The first kappa shape index (κ1) is 20.0. The van der Waals surface area contributed by atoms with Gasteiger partial charge in [-0.2, -0.15) is 5.10 Å². The molecule has 4 aromatic rings. The summed E-state index contributed by atoms with van der Waals surface area (Å²) in [6.07, 6.45) is 6.96. The molecule has 0 bridgehead atoms. The molecule has 1 unspecified atom stereocenters. The van der Waals surface area contributed by atoms with Crippen LogP contribution in [0, 0.1) is 0 Å². The van der Waals surface area contributed by atoms with E-state index in [0.717, 1.165) is 34.7 Å². The fourth-order valence-corrected chi connectivity index (χ4v) is 3.58. The molecular weight excluding hydrogens is 372 g/mol. The standard InChI is InChI=1S/C25H28N4O/c1-18(2)28-16-25(26-17-28)21-8-5-7-20(14-21)13-19(3)29-12-11-24(27-29)22-9-6-10-23(15-22)30-4/h5-12,14-19H,13H2,1-4H3. The van der Waals surface area contributed by atoms with Crippen molar-refractivity contribution in [2.75, 3.05) is 7.11 Å². The largest absolute Gasteiger partial charge is 0.497 e. The zero-order valence-electron chi connectivity index (χ0n) is 18.0. The lowest BCUT2D eigenvalue weighted by molar-refractivity contribution is 0.415. The molecule has 5 heteroatoms. The van der Waals surface area contributed by atoms with Crippen molar-refractivity contribution >= 4 is 0 Å². The van der Waals surface area contributed by atoms with E-state index in [2.05, 4.69) is 72.9 Å². The summed E-state index contributed by atoms with van der Waals surface area (Å²) in [5, 5.41) is 4.80. The lowest BCUT2D eigenvalue weighted by Crippen LogP contribution is -2.09. The third-order valence-electron chi connectivity index (χ3n) is 5.38. The number of methoxy groups -OCH3 is 1. The average Bonchev–Trinajstić information content (AvgIpc) is 3.44. The predicted molar refractivity (Wildman–Crippen MR) is 121 cm³/mol. The second-order valence-electron chi connectivity index (χ2n) is 7.97. The highest BCUT2D eigenvalue weighted by Gasteiger charge is 2.11. The van der Waals surface area contributed by atoms with Gasteiger partial charge in [-0.05, 0) is 57.0 Å². The third-order valence-corrected chi connectivity index (χ3v) is 5.38. The van der Waals surface area contributed by atoms with Crippen LogP contribution in [0.25, 0.3) is 22.5 Å². The Morgan fingerprint density at radius 1 is 0.933 bits per heavy atom. The zero-order chi connectivity index (χ0) is 21.1. The molecule has 0 radical (unpaired) electrons. The molecule has 0 amide bonds. The van der Waals surface area contributed by atoms with Crippen LogP contribution in [0.15, 0.2) is 73.3 Å². The maximum atomic E-state index is 5.33. The van der Waals surface area contributed by atoms with Gasteiger partial charge in [0, 0.05) is 29.6 Å². The molecule has 0 saturated carbocycles. The van der Waals surface area contributed by atoms with Gasteiger partial charge in [-0.15, -0.1) is 0 Å². The Kier molecular flexibility index (Phi) is 5.70. The quantitative estimate of drug-likeness (QED) is 0.393. The first-order valence-electron chi connectivity index (χ1n) is 10.4. The number of hydrogen-bond donors (Lipinski definition) is 0. The molecule has 5 nitrogen and oxygen atoms in total. The molecule has 0 spiro atoms. The normalized spacial score (nSPS) is 12.3. The van der Waals surface area contributed by atoms with Gasteiger partial charge in [-0.1, -0.05) is 30.3 Å². The van der Waals surface area contributed by atoms with Crippen LogP contribution in [0.5, 0.6) is 5.75 Å². The third kappa shape index (κ3) is 4.30. The van der Waals surface area contributed by atoms with Gasteiger partial charge in [-0.25, -0.2) is 4.98 Å². The molecule has 30 heavy (non-hydrogen) atoms. The van der Waals surface area contributed by atoms with Gasteiger partial charge in [0.2, 0.25) is 0 Å². The van der Waals surface area contributed by atoms with Crippen LogP contribution in [0.2, 0.25) is 0 Å². The van der Waals surface area contributed by atoms with Crippen molar-refractivity contribution in [1.29, 1.82) is 0 Å². The number of ether oxygens (including phenoxy) is 1. The van der Waals surface area contributed by atoms with E-state index in [9.17, 15) is 0 Å². The maximum Gasteiger partial charge on any atom is 0.119 e. The highest BCUT2D eigenvalue weighted by Crippen LogP contribution is 2.25. The van der Waals surface area contributed by atoms with Gasteiger partial charge in [0.1, 0.15) is 5.75 Å². The summed E-state index contributed by atoms with van der Waals surface area (Å²) in [5.74, 6) is 0.840. The molecule has 2 aromatic heterocycles. The van der Waals surface area contributed by atoms with Crippen molar-refractivity contribution in [2.24, 2.45) is 0 Å². The summed E-state index contributed by atoms with van der Waals surface area (Å²) in [5.41, 5.74) is 5.45. The van der Waals surface area contributed by atoms with Crippen molar-refractivity contribution in [3.63, 3.8) is 0 Å². The van der Waals surface area contributed by atoms with E-state index in [1.165, 1.54) is 5.56 Å². The van der Waals surface area contributed by atoms with Gasteiger partial charge in [0.05, 0.1) is 30.9 Å². The van der Waals surface area contributed by atoms with Crippen molar-refractivity contribution in [3.05, 3.63) is 78.9 Å². The number of nitrogens with zero attached hydrogens (tertiary/aromatic N) is 4. The molecule has 1 atom stereocenters. The van der Waals surface area contributed by atoms with Crippen LogP contribution in [-0.2, 0) is 6.42 Å². The number of rotatable bonds is 7. The van der Waals surface area contributed by atoms with E-state index >= 15 is 0 Å². The molecule has 154 valence electrons. The first-order chi connectivity index (χ1) is 14.5. The lowest BCUT2D eigenvalue weighted by atomic mass is 10.0. The second kappa shape index (κ2) is 8.57. The zero-order valence-corrected chi connectivity index (χ0v) is 18.0. The van der Waals surface area contributed by atoms with E-state index in [0.29, 0.717) is 6.04 Å². The molecule has 4 rings (SSSR count). The SMILES string of the molecule is COc1cccc(-c2ccn(C(C)Cc3cccc(-c4cn(C(C)C)cn4)c3)n2)c1. The Morgan fingerprint density at radius 3 is 2.43 bits per heavy atom. The smallest absolute Gasteiger partial charge is 0.119 e. The summed E-state index contributed by atoms with van der Waals surface area (Å²) < 4.78 is 9.50. The maximum absolute atomic E-state index is 5.33. The summed E-state index contributed by atoms with van der Waals surface area (Å²) in [6, 6.07) is 19.3. The van der Waals surface area contributed by atoms with Crippen molar-refractivity contribution < 1.29 is 4.74 Å². The molecule has 0 aliphatic rings. The van der Waals surface area contributed by atoms with Crippen molar-refractivity contribution in [1.82, 2.24) is 19.3 Å². The van der Waals surface area contributed by atoms with Crippen molar-refractivity contribution in [2.45, 2.75) is 39.3 Å². The fourth-order valence-electron chi connectivity index (χ4n) is 3.58. The molecule has 0 fully saturated rings. The number of benzene rings is 2. The van der Waals surface area contributed by atoms with Gasteiger partial charge < -0.3 is 9.30 Å². The van der Waals surface area contributed by atoms with E-state index in [1.807, 2.05) is 35.4 Å². The van der Waals surface area contributed by atoms with Crippen LogP contribution in [-0.4, -0.2) is 26.4 Å². The Bertz CT molecular complexity index is 1130. The Morgan fingerprint density at radius 2 is 1.70 bits per heavy atom. The van der Waals surface area contributed by atoms with E-state index < -0.39 is 0 Å². The molecule has 0 saturated heterocycles. The molecule has 2 aromatic carbocycles. The molecule has 0 N–H and O–H groups in total. The predicted octanol–water partition coefficient (Wildman–Crippen LogP) is 5.81. The second-order valence-corrected chi connectivity index (χ2v) is 7.97.